The zero-order chi connectivity index (χ0) is 12.4. The maximum Gasteiger partial charge on any atom is 0.165 e. The molecule has 1 N–H and O–H groups in total. The van der Waals surface area contributed by atoms with Crippen molar-refractivity contribution in [2.75, 3.05) is 0 Å². The Bertz CT molecular complexity index is 515. The Morgan fingerprint density at radius 1 is 1.18 bits per heavy atom. The van der Waals surface area contributed by atoms with Crippen molar-refractivity contribution >= 4 is 11.8 Å². The van der Waals surface area contributed by atoms with Crippen LogP contribution in [0.25, 0.3) is 0 Å². The van der Waals surface area contributed by atoms with Crippen molar-refractivity contribution in [2.45, 2.75) is 36.7 Å². The number of aryl methyl sites for hydroxylation is 1. The van der Waals surface area contributed by atoms with Gasteiger partial charge in [0.05, 0.1) is 4.90 Å². The summed E-state index contributed by atoms with van der Waals surface area (Å²) >= 11 is 1.45. The van der Waals surface area contributed by atoms with E-state index in [9.17, 15) is 5.11 Å². The van der Waals surface area contributed by atoms with Crippen molar-refractivity contribution < 1.29 is 9.52 Å². The van der Waals surface area contributed by atoms with Gasteiger partial charge in [-0.25, -0.2) is 0 Å². The smallest absolute Gasteiger partial charge is 0.165 e. The highest BCUT2D eigenvalue weighted by Crippen LogP contribution is 2.36. The van der Waals surface area contributed by atoms with Gasteiger partial charge >= 0.3 is 0 Å². The summed E-state index contributed by atoms with van der Waals surface area (Å²) in [6.07, 6.45) is 0. The van der Waals surface area contributed by atoms with Gasteiger partial charge in [0.15, 0.2) is 5.09 Å². The van der Waals surface area contributed by atoms with E-state index in [1.54, 1.807) is 6.07 Å². The number of phenolic OH excluding ortho intramolecular Hbond substituents is 1. The zero-order valence-corrected chi connectivity index (χ0v) is 11.0. The molecule has 0 aliphatic rings. The first-order chi connectivity index (χ1) is 8.06. The van der Waals surface area contributed by atoms with Crippen molar-refractivity contribution in [3.63, 3.8) is 0 Å². The second kappa shape index (κ2) is 4.88. The van der Waals surface area contributed by atoms with Crippen molar-refractivity contribution in [1.29, 1.82) is 0 Å². The Morgan fingerprint density at radius 3 is 2.53 bits per heavy atom. The van der Waals surface area contributed by atoms with Gasteiger partial charge in [0.25, 0.3) is 0 Å². The Hall–Kier alpha value is -1.35. The predicted molar refractivity (Wildman–Crippen MR) is 69.8 cm³/mol. The number of phenols is 1. The molecular formula is C14H16O2S. The molecule has 90 valence electrons. The minimum Gasteiger partial charge on any atom is -0.507 e. The second-order valence-electron chi connectivity index (χ2n) is 4.35. The van der Waals surface area contributed by atoms with E-state index in [1.807, 2.05) is 31.2 Å². The molecule has 0 bridgehead atoms. The molecule has 0 fully saturated rings. The van der Waals surface area contributed by atoms with Crippen LogP contribution in [-0.4, -0.2) is 5.11 Å². The van der Waals surface area contributed by atoms with E-state index in [4.69, 9.17) is 4.42 Å². The fourth-order valence-electron chi connectivity index (χ4n) is 1.55. The largest absolute Gasteiger partial charge is 0.507 e. The van der Waals surface area contributed by atoms with Crippen LogP contribution in [-0.2, 0) is 0 Å². The molecule has 1 aromatic carbocycles. The zero-order valence-electron chi connectivity index (χ0n) is 10.2. The number of rotatable bonds is 3. The maximum atomic E-state index is 9.82. The van der Waals surface area contributed by atoms with Crippen LogP contribution >= 0.6 is 11.8 Å². The normalized spacial score (nSPS) is 11.1. The third kappa shape index (κ3) is 2.86. The molecule has 3 heteroatoms. The Morgan fingerprint density at radius 2 is 1.94 bits per heavy atom. The van der Waals surface area contributed by atoms with Crippen LogP contribution in [0.4, 0.5) is 0 Å². The molecule has 0 saturated carbocycles. The number of hydrogen-bond donors (Lipinski definition) is 1. The number of furan rings is 1. The van der Waals surface area contributed by atoms with E-state index in [1.165, 1.54) is 17.3 Å². The first kappa shape index (κ1) is 12.1. The molecule has 0 spiro atoms. The molecule has 0 aliphatic heterocycles. The molecule has 0 unspecified atom stereocenters. The third-order valence-corrected chi connectivity index (χ3v) is 3.54. The second-order valence-corrected chi connectivity index (χ2v) is 5.40. The van der Waals surface area contributed by atoms with Crippen LogP contribution in [0.5, 0.6) is 5.75 Å². The predicted octanol–water partition coefficient (Wildman–Crippen LogP) is 4.57. The van der Waals surface area contributed by atoms with E-state index in [0.29, 0.717) is 11.7 Å². The minimum atomic E-state index is 0.299. The summed E-state index contributed by atoms with van der Waals surface area (Å²) in [5.74, 6) is 1.63. The van der Waals surface area contributed by atoms with E-state index < -0.39 is 0 Å². The van der Waals surface area contributed by atoms with Crippen LogP contribution in [0.1, 0.15) is 31.1 Å². The van der Waals surface area contributed by atoms with Gasteiger partial charge in [-0.1, -0.05) is 19.9 Å². The fraction of sp³-hybridized carbons (Fsp3) is 0.286. The Balaban J connectivity index is 2.28. The van der Waals surface area contributed by atoms with Gasteiger partial charge in [-0.15, -0.1) is 0 Å². The summed E-state index contributed by atoms with van der Waals surface area (Å²) in [5, 5.41) is 10.6. The summed E-state index contributed by atoms with van der Waals surface area (Å²) in [6, 6.07) is 9.56. The Kier molecular flexibility index (Phi) is 3.48. The van der Waals surface area contributed by atoms with Gasteiger partial charge in [-0.2, -0.15) is 0 Å². The average Bonchev–Trinajstić information content (AvgIpc) is 2.67. The van der Waals surface area contributed by atoms with E-state index in [-0.39, 0.29) is 0 Å². The van der Waals surface area contributed by atoms with Gasteiger partial charge < -0.3 is 9.52 Å². The van der Waals surface area contributed by atoms with E-state index in [2.05, 4.69) is 13.8 Å². The van der Waals surface area contributed by atoms with Gasteiger partial charge in [-0.3, -0.25) is 0 Å². The average molecular weight is 248 g/mol. The van der Waals surface area contributed by atoms with Crippen LogP contribution in [0.2, 0.25) is 0 Å². The van der Waals surface area contributed by atoms with Gasteiger partial charge in [0.1, 0.15) is 11.5 Å². The first-order valence-electron chi connectivity index (χ1n) is 5.63. The summed E-state index contributed by atoms with van der Waals surface area (Å²) in [6.45, 7) is 6.18. The van der Waals surface area contributed by atoms with Gasteiger partial charge in [0, 0.05) is 0 Å². The molecule has 0 saturated heterocycles. The lowest BCUT2D eigenvalue weighted by Crippen LogP contribution is -1.87. The summed E-state index contributed by atoms with van der Waals surface area (Å²) in [4.78, 5) is 0.838. The highest BCUT2D eigenvalue weighted by molar-refractivity contribution is 7.99. The van der Waals surface area contributed by atoms with Crippen LogP contribution in [0.3, 0.4) is 0 Å². The lowest BCUT2D eigenvalue weighted by molar-refractivity contribution is 0.445. The topological polar surface area (TPSA) is 33.4 Å². The molecule has 2 rings (SSSR count). The molecule has 1 aromatic heterocycles. The molecule has 1 heterocycles. The lowest BCUT2D eigenvalue weighted by Gasteiger charge is -2.08. The molecule has 17 heavy (non-hydrogen) atoms. The number of aromatic hydroxyl groups is 1. The van der Waals surface area contributed by atoms with Crippen LogP contribution in [0, 0.1) is 6.92 Å². The third-order valence-electron chi connectivity index (χ3n) is 2.58. The molecule has 0 radical (unpaired) electrons. The van der Waals surface area contributed by atoms with Crippen molar-refractivity contribution in [2.24, 2.45) is 0 Å². The molecule has 0 amide bonds. The van der Waals surface area contributed by atoms with Crippen molar-refractivity contribution in [3.8, 4) is 5.75 Å². The van der Waals surface area contributed by atoms with Gasteiger partial charge in [0.2, 0.25) is 0 Å². The monoisotopic (exact) mass is 248 g/mol. The highest BCUT2D eigenvalue weighted by Gasteiger charge is 2.09. The lowest BCUT2D eigenvalue weighted by atomic mass is 10.0. The standard InChI is InChI=1S/C14H16O2S/c1-9(2)11-5-6-12(15)13(8-11)17-14-7-4-10(3)16-14/h4-9,15H,1-3H3. The van der Waals surface area contributed by atoms with Crippen LogP contribution in [0.15, 0.2) is 44.7 Å². The van der Waals surface area contributed by atoms with E-state index >= 15 is 0 Å². The quantitative estimate of drug-likeness (QED) is 0.863. The highest BCUT2D eigenvalue weighted by atomic mass is 32.2. The minimum absolute atomic E-state index is 0.299. The number of benzene rings is 1. The molecule has 2 nitrogen and oxygen atoms in total. The first-order valence-corrected chi connectivity index (χ1v) is 6.45. The van der Waals surface area contributed by atoms with Crippen LogP contribution < -0.4 is 0 Å². The number of hydrogen-bond acceptors (Lipinski definition) is 3. The SMILES string of the molecule is Cc1ccc(Sc2cc(C(C)C)ccc2O)o1. The van der Waals surface area contributed by atoms with Crippen molar-refractivity contribution in [1.82, 2.24) is 0 Å². The molecular weight excluding hydrogens is 232 g/mol. The molecule has 0 atom stereocenters. The van der Waals surface area contributed by atoms with E-state index in [0.717, 1.165) is 15.7 Å². The summed E-state index contributed by atoms with van der Waals surface area (Å²) < 4.78 is 5.49. The maximum absolute atomic E-state index is 9.82. The molecule has 0 aliphatic carbocycles. The Labute approximate surface area is 106 Å². The fourth-order valence-corrected chi connectivity index (χ4v) is 2.44. The molecule has 2 aromatic rings. The van der Waals surface area contributed by atoms with Crippen molar-refractivity contribution in [3.05, 3.63) is 41.7 Å². The van der Waals surface area contributed by atoms with Gasteiger partial charge in [-0.05, 0) is 54.4 Å². The summed E-state index contributed by atoms with van der Waals surface area (Å²) in [7, 11) is 0. The summed E-state index contributed by atoms with van der Waals surface area (Å²) in [5.41, 5.74) is 1.22.